The third-order valence-corrected chi connectivity index (χ3v) is 4.79. The lowest BCUT2D eigenvalue weighted by Crippen LogP contribution is -2.17. The van der Waals surface area contributed by atoms with E-state index in [-0.39, 0.29) is 10.8 Å². The van der Waals surface area contributed by atoms with Gasteiger partial charge in [-0.2, -0.15) is 0 Å². The second-order valence-corrected chi connectivity index (χ2v) is 9.28. The van der Waals surface area contributed by atoms with Crippen LogP contribution in [0.25, 0.3) is 23.4 Å². The predicted octanol–water partition coefficient (Wildman–Crippen LogP) is 6.81. The molecule has 0 bridgehead atoms. The largest absolute Gasteiger partial charge is 0.507 e. The fraction of sp³-hybridized carbons (Fsp3) is 0.320. The molecule has 0 saturated heterocycles. The highest BCUT2D eigenvalue weighted by atomic mass is 16.5. The molecule has 0 fully saturated rings. The SMILES string of the molecule is CC(C)(C)c1cc(C=Cc2cc(-c3ccccc3)no2)cc(C(C)(C)C)c1O. The topological polar surface area (TPSA) is 46.3 Å². The van der Waals surface area contributed by atoms with Gasteiger partial charge in [0, 0.05) is 22.8 Å². The van der Waals surface area contributed by atoms with E-state index >= 15 is 0 Å². The summed E-state index contributed by atoms with van der Waals surface area (Å²) < 4.78 is 5.47. The van der Waals surface area contributed by atoms with Gasteiger partial charge in [-0.25, -0.2) is 0 Å². The molecule has 3 nitrogen and oxygen atoms in total. The molecule has 0 amide bonds. The standard InChI is InChI=1S/C25H29NO2/c1-24(2,3)20-14-17(15-21(23(20)27)25(4,5)6)12-13-19-16-22(26-28-19)18-10-8-7-9-11-18/h7-16,27H,1-6H3. The predicted molar refractivity (Wildman–Crippen MR) is 116 cm³/mol. The Morgan fingerprint density at radius 2 is 1.39 bits per heavy atom. The summed E-state index contributed by atoms with van der Waals surface area (Å²) in [5, 5.41) is 15.0. The van der Waals surface area contributed by atoms with Gasteiger partial charge in [-0.3, -0.25) is 0 Å². The van der Waals surface area contributed by atoms with E-state index in [0.29, 0.717) is 11.5 Å². The monoisotopic (exact) mass is 375 g/mol. The number of nitrogens with zero attached hydrogens (tertiary/aromatic N) is 1. The highest BCUT2D eigenvalue weighted by Gasteiger charge is 2.26. The zero-order chi connectivity index (χ0) is 20.5. The summed E-state index contributed by atoms with van der Waals surface area (Å²) in [6, 6.07) is 16.0. The van der Waals surface area contributed by atoms with Crippen LogP contribution in [0.4, 0.5) is 0 Å². The maximum atomic E-state index is 10.8. The molecule has 1 N–H and O–H groups in total. The van der Waals surface area contributed by atoms with Crippen molar-refractivity contribution in [3.63, 3.8) is 0 Å². The summed E-state index contributed by atoms with van der Waals surface area (Å²) in [7, 11) is 0. The first-order valence-electron chi connectivity index (χ1n) is 9.64. The number of aromatic hydroxyl groups is 1. The minimum atomic E-state index is -0.152. The first-order chi connectivity index (χ1) is 13.1. The van der Waals surface area contributed by atoms with Crippen LogP contribution in [-0.4, -0.2) is 10.3 Å². The number of rotatable bonds is 3. The molecule has 0 saturated carbocycles. The Bertz CT molecular complexity index is 948. The lowest BCUT2D eigenvalue weighted by Gasteiger charge is -2.27. The van der Waals surface area contributed by atoms with E-state index in [9.17, 15) is 5.11 Å². The molecule has 3 heteroatoms. The average molecular weight is 376 g/mol. The van der Waals surface area contributed by atoms with E-state index in [1.807, 2.05) is 48.6 Å². The van der Waals surface area contributed by atoms with Crippen molar-refractivity contribution >= 4 is 12.2 Å². The van der Waals surface area contributed by atoms with Crippen LogP contribution in [0.15, 0.2) is 53.1 Å². The van der Waals surface area contributed by atoms with Gasteiger partial charge < -0.3 is 9.63 Å². The van der Waals surface area contributed by atoms with Gasteiger partial charge in [0.2, 0.25) is 0 Å². The molecule has 1 aromatic heterocycles. The second kappa shape index (κ2) is 7.31. The minimum absolute atomic E-state index is 0.152. The van der Waals surface area contributed by atoms with Crippen LogP contribution in [0.3, 0.4) is 0 Å². The number of phenolic OH excluding ortho intramolecular Hbond substituents is 1. The fourth-order valence-electron chi connectivity index (χ4n) is 3.19. The smallest absolute Gasteiger partial charge is 0.160 e. The lowest BCUT2D eigenvalue weighted by molar-refractivity contribution is 0.415. The van der Waals surface area contributed by atoms with E-state index in [1.54, 1.807) is 0 Å². The molecule has 0 aliphatic rings. The molecule has 0 aliphatic carbocycles. The highest BCUT2D eigenvalue weighted by Crippen LogP contribution is 2.40. The van der Waals surface area contributed by atoms with Gasteiger partial charge in [-0.1, -0.05) is 83.1 Å². The molecular formula is C25H29NO2. The van der Waals surface area contributed by atoms with E-state index in [4.69, 9.17) is 4.52 Å². The molecule has 2 aromatic carbocycles. The van der Waals surface area contributed by atoms with Crippen LogP contribution in [-0.2, 0) is 10.8 Å². The minimum Gasteiger partial charge on any atom is -0.507 e. The molecule has 0 spiro atoms. The first kappa shape index (κ1) is 19.9. The molecule has 0 atom stereocenters. The summed E-state index contributed by atoms with van der Waals surface area (Å²) >= 11 is 0. The number of phenols is 1. The number of aromatic nitrogens is 1. The van der Waals surface area contributed by atoms with Crippen molar-refractivity contribution < 1.29 is 9.63 Å². The fourth-order valence-corrected chi connectivity index (χ4v) is 3.19. The summed E-state index contributed by atoms with van der Waals surface area (Å²) in [4.78, 5) is 0. The quantitative estimate of drug-likeness (QED) is 0.547. The summed E-state index contributed by atoms with van der Waals surface area (Å²) in [5.41, 5.74) is 4.47. The van der Waals surface area contributed by atoms with Crippen LogP contribution in [0.5, 0.6) is 5.75 Å². The Morgan fingerprint density at radius 1 is 0.821 bits per heavy atom. The molecule has 1 heterocycles. The van der Waals surface area contributed by atoms with E-state index in [0.717, 1.165) is 27.9 Å². The molecule has 3 rings (SSSR count). The van der Waals surface area contributed by atoms with Gasteiger partial charge in [0.25, 0.3) is 0 Å². The third-order valence-electron chi connectivity index (χ3n) is 4.79. The van der Waals surface area contributed by atoms with Gasteiger partial charge >= 0.3 is 0 Å². The van der Waals surface area contributed by atoms with Crippen molar-refractivity contribution in [3.05, 3.63) is 71.0 Å². The maximum Gasteiger partial charge on any atom is 0.160 e. The molecule has 3 aromatic rings. The van der Waals surface area contributed by atoms with Crippen molar-refractivity contribution in [1.29, 1.82) is 0 Å². The van der Waals surface area contributed by atoms with E-state index < -0.39 is 0 Å². The number of benzene rings is 2. The van der Waals surface area contributed by atoms with Crippen LogP contribution in [0, 0.1) is 0 Å². The normalized spacial score (nSPS) is 12.6. The summed E-state index contributed by atoms with van der Waals surface area (Å²) in [6.45, 7) is 12.7. The van der Waals surface area contributed by atoms with Gasteiger partial charge in [0.05, 0.1) is 0 Å². The third kappa shape index (κ3) is 4.36. The summed E-state index contributed by atoms with van der Waals surface area (Å²) in [6.07, 6.45) is 3.93. The van der Waals surface area contributed by atoms with Gasteiger partial charge in [-0.05, 0) is 34.6 Å². The van der Waals surface area contributed by atoms with Crippen LogP contribution < -0.4 is 0 Å². The number of hydrogen-bond acceptors (Lipinski definition) is 3. The van der Waals surface area contributed by atoms with Crippen molar-refractivity contribution in [2.75, 3.05) is 0 Å². The Morgan fingerprint density at radius 3 is 1.93 bits per heavy atom. The highest BCUT2D eigenvalue weighted by molar-refractivity contribution is 5.72. The Balaban J connectivity index is 1.97. The Kier molecular flexibility index (Phi) is 5.20. The van der Waals surface area contributed by atoms with Crippen molar-refractivity contribution in [1.82, 2.24) is 5.16 Å². The molecule has 0 aliphatic heterocycles. The molecular weight excluding hydrogens is 346 g/mol. The van der Waals surface area contributed by atoms with Gasteiger partial charge in [0.1, 0.15) is 11.4 Å². The maximum absolute atomic E-state index is 10.8. The number of hydrogen-bond donors (Lipinski definition) is 1. The molecule has 146 valence electrons. The molecule has 0 radical (unpaired) electrons. The Labute approximate surface area is 167 Å². The first-order valence-corrected chi connectivity index (χ1v) is 9.64. The van der Waals surface area contributed by atoms with Crippen LogP contribution in [0.1, 0.15) is 64.0 Å². The van der Waals surface area contributed by atoms with E-state index in [1.165, 1.54) is 0 Å². The summed E-state index contributed by atoms with van der Waals surface area (Å²) in [5.74, 6) is 1.09. The molecule has 28 heavy (non-hydrogen) atoms. The van der Waals surface area contributed by atoms with Crippen molar-refractivity contribution in [3.8, 4) is 17.0 Å². The Hall–Kier alpha value is -2.81. The molecule has 0 unspecified atom stereocenters. The average Bonchev–Trinajstić information content (AvgIpc) is 3.08. The van der Waals surface area contributed by atoms with Crippen molar-refractivity contribution in [2.24, 2.45) is 0 Å². The van der Waals surface area contributed by atoms with Crippen LogP contribution in [0.2, 0.25) is 0 Å². The van der Waals surface area contributed by atoms with Crippen LogP contribution >= 0.6 is 0 Å². The lowest BCUT2D eigenvalue weighted by atomic mass is 9.78. The van der Waals surface area contributed by atoms with Gasteiger partial charge in [-0.15, -0.1) is 0 Å². The second-order valence-electron chi connectivity index (χ2n) is 9.28. The van der Waals surface area contributed by atoms with Gasteiger partial charge in [0.15, 0.2) is 5.76 Å². The van der Waals surface area contributed by atoms with Crippen molar-refractivity contribution in [2.45, 2.75) is 52.4 Å². The zero-order valence-electron chi connectivity index (χ0n) is 17.6. The van der Waals surface area contributed by atoms with E-state index in [2.05, 4.69) is 58.8 Å². The zero-order valence-corrected chi connectivity index (χ0v) is 17.6.